The van der Waals surface area contributed by atoms with Crippen LogP contribution in [0.15, 0.2) is 0 Å². The monoisotopic (exact) mass is 205 g/mol. The van der Waals surface area contributed by atoms with Crippen LogP contribution < -0.4 is 5.32 Å². The lowest BCUT2D eigenvalue weighted by atomic mass is 9.78. The average molecular weight is 206 g/mol. The molecule has 0 spiro atoms. The van der Waals surface area contributed by atoms with Gasteiger partial charge < -0.3 is 10.4 Å². The van der Waals surface area contributed by atoms with Gasteiger partial charge >= 0.3 is 5.97 Å². The summed E-state index contributed by atoms with van der Waals surface area (Å²) in [6.07, 6.45) is 4.83. The lowest BCUT2D eigenvalue weighted by Gasteiger charge is -2.26. The molecular formula is C9H16ClNO2. The van der Waals surface area contributed by atoms with Crippen LogP contribution in [0.2, 0.25) is 0 Å². The van der Waals surface area contributed by atoms with E-state index in [1.807, 2.05) is 0 Å². The van der Waals surface area contributed by atoms with Crippen molar-refractivity contribution in [2.75, 3.05) is 6.54 Å². The van der Waals surface area contributed by atoms with Crippen molar-refractivity contribution < 1.29 is 9.90 Å². The Bertz CT molecular complexity index is 198. The van der Waals surface area contributed by atoms with Gasteiger partial charge in [-0.2, -0.15) is 0 Å². The molecule has 1 heterocycles. The normalized spacial score (nSPS) is 37.7. The van der Waals surface area contributed by atoms with Gasteiger partial charge in [-0.05, 0) is 31.2 Å². The smallest absolute Gasteiger partial charge is 0.320 e. The van der Waals surface area contributed by atoms with Gasteiger partial charge in [-0.1, -0.05) is 12.8 Å². The minimum atomic E-state index is -0.663. The van der Waals surface area contributed by atoms with Crippen molar-refractivity contribution in [2.24, 2.45) is 11.8 Å². The molecule has 3 nitrogen and oxygen atoms in total. The molecule has 0 aromatic heterocycles. The van der Waals surface area contributed by atoms with E-state index in [1.54, 1.807) is 0 Å². The molecule has 0 amide bonds. The van der Waals surface area contributed by atoms with E-state index in [2.05, 4.69) is 5.32 Å². The van der Waals surface area contributed by atoms with Crippen molar-refractivity contribution in [1.29, 1.82) is 0 Å². The van der Waals surface area contributed by atoms with Gasteiger partial charge in [0.2, 0.25) is 0 Å². The molecule has 2 N–H and O–H groups in total. The fourth-order valence-corrected chi connectivity index (χ4v) is 2.63. The summed E-state index contributed by atoms with van der Waals surface area (Å²) in [5, 5.41) is 12.0. The molecule has 1 aliphatic heterocycles. The minimum absolute atomic E-state index is 0. The highest BCUT2D eigenvalue weighted by molar-refractivity contribution is 5.85. The Kier molecular flexibility index (Phi) is 3.56. The third-order valence-electron chi connectivity index (χ3n) is 3.26. The SMILES string of the molecule is Cl.O=C(O)[C@H]1NC[C@@H]2CCCC[C@@H]21. The number of halogens is 1. The molecule has 13 heavy (non-hydrogen) atoms. The summed E-state index contributed by atoms with van der Waals surface area (Å²) in [7, 11) is 0. The second kappa shape index (κ2) is 4.29. The molecule has 76 valence electrons. The summed E-state index contributed by atoms with van der Waals surface area (Å²) in [4.78, 5) is 10.8. The van der Waals surface area contributed by atoms with E-state index in [0.717, 1.165) is 13.0 Å². The van der Waals surface area contributed by atoms with Gasteiger partial charge in [0, 0.05) is 0 Å². The summed E-state index contributed by atoms with van der Waals surface area (Å²) in [5.74, 6) is 0.389. The molecule has 0 bridgehead atoms. The summed E-state index contributed by atoms with van der Waals surface area (Å²) < 4.78 is 0. The highest BCUT2D eigenvalue weighted by atomic mass is 35.5. The predicted molar refractivity (Wildman–Crippen MR) is 52.1 cm³/mol. The zero-order valence-electron chi connectivity index (χ0n) is 7.53. The zero-order chi connectivity index (χ0) is 8.55. The first-order valence-corrected chi connectivity index (χ1v) is 4.75. The van der Waals surface area contributed by atoms with Gasteiger partial charge in [0.15, 0.2) is 0 Å². The second-order valence-corrected chi connectivity index (χ2v) is 3.93. The van der Waals surface area contributed by atoms with Crippen LogP contribution >= 0.6 is 12.4 Å². The summed E-state index contributed by atoms with van der Waals surface area (Å²) >= 11 is 0. The third kappa shape index (κ3) is 1.97. The summed E-state index contributed by atoms with van der Waals surface area (Å²) in [6.45, 7) is 0.918. The first-order valence-electron chi connectivity index (χ1n) is 4.75. The van der Waals surface area contributed by atoms with E-state index in [0.29, 0.717) is 11.8 Å². The van der Waals surface area contributed by atoms with Gasteiger partial charge in [0.05, 0.1) is 0 Å². The average Bonchev–Trinajstić information content (AvgIpc) is 2.47. The number of fused-ring (bicyclic) bond motifs is 1. The van der Waals surface area contributed by atoms with E-state index in [4.69, 9.17) is 5.11 Å². The lowest BCUT2D eigenvalue weighted by molar-refractivity contribution is -0.140. The van der Waals surface area contributed by atoms with Gasteiger partial charge in [-0.25, -0.2) is 0 Å². The largest absolute Gasteiger partial charge is 0.480 e. The predicted octanol–water partition coefficient (Wildman–Crippen LogP) is 1.27. The van der Waals surface area contributed by atoms with Crippen LogP contribution in [0.5, 0.6) is 0 Å². The number of carboxylic acids is 1. The summed E-state index contributed by atoms with van der Waals surface area (Å²) in [6, 6.07) is -0.254. The number of carboxylic acid groups (broad SMARTS) is 1. The number of carbonyl (C=O) groups is 1. The van der Waals surface area contributed by atoms with Crippen LogP contribution in [0.4, 0.5) is 0 Å². The van der Waals surface area contributed by atoms with Crippen molar-refractivity contribution in [3.05, 3.63) is 0 Å². The molecular weight excluding hydrogens is 190 g/mol. The quantitative estimate of drug-likeness (QED) is 0.678. The molecule has 0 radical (unpaired) electrons. The van der Waals surface area contributed by atoms with Gasteiger partial charge in [-0.15, -0.1) is 12.4 Å². The highest BCUT2D eigenvalue weighted by Crippen LogP contribution is 2.35. The van der Waals surface area contributed by atoms with Crippen LogP contribution in [-0.2, 0) is 4.79 Å². The molecule has 1 saturated carbocycles. The van der Waals surface area contributed by atoms with Crippen LogP contribution in [0.25, 0.3) is 0 Å². The molecule has 0 aromatic carbocycles. The molecule has 0 aromatic rings. The van der Waals surface area contributed by atoms with E-state index < -0.39 is 5.97 Å². The van der Waals surface area contributed by atoms with Crippen molar-refractivity contribution in [3.8, 4) is 0 Å². The van der Waals surface area contributed by atoms with Crippen molar-refractivity contribution in [1.82, 2.24) is 5.32 Å². The maximum absolute atomic E-state index is 10.8. The van der Waals surface area contributed by atoms with E-state index in [9.17, 15) is 4.79 Å². The fourth-order valence-electron chi connectivity index (χ4n) is 2.63. The first kappa shape index (κ1) is 10.8. The first-order chi connectivity index (χ1) is 5.79. The topological polar surface area (TPSA) is 49.3 Å². The fraction of sp³-hybridized carbons (Fsp3) is 0.889. The Balaban J connectivity index is 0.000000845. The molecule has 4 heteroatoms. The van der Waals surface area contributed by atoms with Crippen molar-refractivity contribution in [2.45, 2.75) is 31.7 Å². The Morgan fingerprint density at radius 3 is 2.69 bits per heavy atom. The maximum Gasteiger partial charge on any atom is 0.320 e. The van der Waals surface area contributed by atoms with Gasteiger partial charge in [0.1, 0.15) is 6.04 Å². The van der Waals surface area contributed by atoms with Crippen LogP contribution in [-0.4, -0.2) is 23.7 Å². The second-order valence-electron chi connectivity index (χ2n) is 3.93. The van der Waals surface area contributed by atoms with Gasteiger partial charge in [0.25, 0.3) is 0 Å². The number of hydrogen-bond donors (Lipinski definition) is 2. The molecule has 3 atom stereocenters. The molecule has 1 saturated heterocycles. The van der Waals surface area contributed by atoms with E-state index in [-0.39, 0.29) is 18.4 Å². The Labute approximate surface area is 84.3 Å². The van der Waals surface area contributed by atoms with E-state index >= 15 is 0 Å². The van der Waals surface area contributed by atoms with Crippen molar-refractivity contribution >= 4 is 18.4 Å². The maximum atomic E-state index is 10.8. The van der Waals surface area contributed by atoms with Crippen molar-refractivity contribution in [3.63, 3.8) is 0 Å². The number of nitrogens with one attached hydrogen (secondary N) is 1. The van der Waals surface area contributed by atoms with Crippen LogP contribution in [0.3, 0.4) is 0 Å². The van der Waals surface area contributed by atoms with E-state index in [1.165, 1.54) is 19.3 Å². The number of aliphatic carboxylic acids is 1. The zero-order valence-corrected chi connectivity index (χ0v) is 8.35. The number of rotatable bonds is 1. The Morgan fingerprint density at radius 1 is 1.31 bits per heavy atom. The Hall–Kier alpha value is -0.280. The van der Waals surface area contributed by atoms with Crippen LogP contribution in [0.1, 0.15) is 25.7 Å². The molecule has 0 unspecified atom stereocenters. The standard InChI is InChI=1S/C9H15NO2.ClH/c11-9(12)8-7-4-2-1-3-6(7)5-10-8;/h6-8,10H,1-5H2,(H,11,12);1H/t6-,7-,8-;/m0./s1. The molecule has 1 aliphatic carbocycles. The Morgan fingerprint density at radius 2 is 2.00 bits per heavy atom. The molecule has 2 rings (SSSR count). The lowest BCUT2D eigenvalue weighted by Crippen LogP contribution is -2.36. The third-order valence-corrected chi connectivity index (χ3v) is 3.26. The minimum Gasteiger partial charge on any atom is -0.480 e. The molecule has 2 fully saturated rings. The highest BCUT2D eigenvalue weighted by Gasteiger charge is 2.40. The summed E-state index contributed by atoms with van der Waals surface area (Å²) in [5.41, 5.74) is 0. The van der Waals surface area contributed by atoms with Crippen LogP contribution in [0, 0.1) is 11.8 Å². The number of hydrogen-bond acceptors (Lipinski definition) is 2. The molecule has 2 aliphatic rings. The van der Waals surface area contributed by atoms with Gasteiger partial charge in [-0.3, -0.25) is 4.79 Å².